The molecule has 2 heterocycles. The molecule has 1 aliphatic carbocycles. The summed E-state index contributed by atoms with van der Waals surface area (Å²) < 4.78 is 0.807. The van der Waals surface area contributed by atoms with Gasteiger partial charge in [0.05, 0.1) is 9.94 Å². The topological polar surface area (TPSA) is 49.5 Å². The fraction of sp³-hybridized carbons (Fsp3) is 0.765. The van der Waals surface area contributed by atoms with Gasteiger partial charge in [0.2, 0.25) is 0 Å². The number of aliphatic hydroxyl groups is 1. The number of halogens is 1. The van der Waals surface area contributed by atoms with E-state index in [2.05, 4.69) is 17.2 Å². The molecule has 1 aromatic rings. The summed E-state index contributed by atoms with van der Waals surface area (Å²) in [5, 5.41) is 13.7. The molecule has 2 fully saturated rings. The first-order valence-corrected chi connectivity index (χ1v) is 9.72. The van der Waals surface area contributed by atoms with Crippen LogP contribution in [-0.4, -0.2) is 40.8 Å². The number of likely N-dealkylation sites (tertiary alicyclic amines) is 1. The molecule has 3 N–H and O–H groups in total. The van der Waals surface area contributed by atoms with Crippen molar-refractivity contribution in [3.05, 3.63) is 21.3 Å². The second-order valence-corrected chi connectivity index (χ2v) is 8.57. The second-order valence-electron chi connectivity index (χ2n) is 7.03. The maximum Gasteiger partial charge on any atom is 0.0931 e. The van der Waals surface area contributed by atoms with Gasteiger partial charge in [0.15, 0.2) is 0 Å². The Balaban J connectivity index is 1.81. The zero-order chi connectivity index (χ0) is 15.7. The van der Waals surface area contributed by atoms with Crippen LogP contribution in [-0.2, 0) is 0 Å². The highest BCUT2D eigenvalue weighted by Crippen LogP contribution is 2.44. The fourth-order valence-corrected chi connectivity index (χ4v) is 5.22. The van der Waals surface area contributed by atoms with Crippen LogP contribution < -0.4 is 5.73 Å². The molecule has 5 heteroatoms. The van der Waals surface area contributed by atoms with E-state index < -0.39 is 5.60 Å². The van der Waals surface area contributed by atoms with Crippen LogP contribution in [0.2, 0.25) is 4.34 Å². The van der Waals surface area contributed by atoms with Gasteiger partial charge < -0.3 is 10.8 Å². The zero-order valence-corrected chi connectivity index (χ0v) is 14.9. The summed E-state index contributed by atoms with van der Waals surface area (Å²) in [6, 6.07) is 2.61. The molecule has 3 nitrogen and oxygen atoms in total. The van der Waals surface area contributed by atoms with Crippen molar-refractivity contribution in [2.45, 2.75) is 69.1 Å². The molecule has 0 aromatic carbocycles. The largest absolute Gasteiger partial charge is 0.388 e. The van der Waals surface area contributed by atoms with Crippen LogP contribution in [0.15, 0.2) is 11.4 Å². The van der Waals surface area contributed by atoms with Gasteiger partial charge in [-0.2, -0.15) is 0 Å². The first kappa shape index (κ1) is 16.7. The van der Waals surface area contributed by atoms with E-state index in [0.717, 1.165) is 49.5 Å². The number of nitrogens with zero attached hydrogens (tertiary/aromatic N) is 1. The molecule has 3 atom stereocenters. The van der Waals surface area contributed by atoms with E-state index in [1.165, 1.54) is 12.0 Å². The van der Waals surface area contributed by atoms with Crippen molar-refractivity contribution in [2.75, 3.05) is 13.1 Å². The quantitative estimate of drug-likeness (QED) is 0.882. The second kappa shape index (κ2) is 6.78. The van der Waals surface area contributed by atoms with Crippen molar-refractivity contribution < 1.29 is 5.11 Å². The molecule has 2 aliphatic rings. The third-order valence-electron chi connectivity index (χ3n) is 5.73. The highest BCUT2D eigenvalue weighted by Gasteiger charge is 2.46. The van der Waals surface area contributed by atoms with Crippen LogP contribution in [0.4, 0.5) is 0 Å². The summed E-state index contributed by atoms with van der Waals surface area (Å²) in [7, 11) is 0. The van der Waals surface area contributed by atoms with Gasteiger partial charge in [-0.25, -0.2) is 0 Å². The molecule has 0 spiro atoms. The lowest BCUT2D eigenvalue weighted by Crippen LogP contribution is -2.59. The van der Waals surface area contributed by atoms with Crippen LogP contribution in [0.1, 0.15) is 56.9 Å². The van der Waals surface area contributed by atoms with Crippen LogP contribution in [0.25, 0.3) is 0 Å². The molecule has 0 radical (unpaired) electrons. The van der Waals surface area contributed by atoms with E-state index in [0.29, 0.717) is 6.04 Å². The summed E-state index contributed by atoms with van der Waals surface area (Å²) in [4.78, 5) is 2.49. The Labute approximate surface area is 142 Å². The van der Waals surface area contributed by atoms with E-state index in [9.17, 15) is 5.11 Å². The van der Waals surface area contributed by atoms with E-state index >= 15 is 0 Å². The summed E-state index contributed by atoms with van der Waals surface area (Å²) in [5.41, 5.74) is 6.58. The van der Waals surface area contributed by atoms with Crippen molar-refractivity contribution >= 4 is 22.9 Å². The lowest BCUT2D eigenvalue weighted by Gasteiger charge is -2.50. The molecule has 3 rings (SSSR count). The minimum Gasteiger partial charge on any atom is -0.388 e. The first-order chi connectivity index (χ1) is 10.5. The Bertz CT molecular complexity index is 501. The normalized spacial score (nSPS) is 33.0. The lowest BCUT2D eigenvalue weighted by molar-refractivity contribution is -0.0937. The molecular formula is C17H27ClN2OS. The Morgan fingerprint density at radius 2 is 2.09 bits per heavy atom. The predicted molar refractivity (Wildman–Crippen MR) is 93.7 cm³/mol. The zero-order valence-electron chi connectivity index (χ0n) is 13.3. The van der Waals surface area contributed by atoms with Gasteiger partial charge in [0, 0.05) is 31.1 Å². The lowest BCUT2D eigenvalue weighted by atomic mass is 9.70. The van der Waals surface area contributed by atoms with Crippen molar-refractivity contribution in [1.29, 1.82) is 0 Å². The summed E-state index contributed by atoms with van der Waals surface area (Å²) in [6.07, 6.45) is 6.40. The molecule has 1 aliphatic heterocycles. The third kappa shape index (κ3) is 3.22. The Morgan fingerprint density at radius 1 is 1.36 bits per heavy atom. The standard InChI is InChI=1S/C17H27ClN2OS/c1-12(13-10-16(18)22-11-13)17(21)7-3-2-4-15(17)20-8-5-14(19)6-9-20/h10-12,14-15,21H,2-9,19H2,1H3. The summed E-state index contributed by atoms with van der Waals surface area (Å²) >= 11 is 7.66. The van der Waals surface area contributed by atoms with Crippen molar-refractivity contribution in [1.82, 2.24) is 4.90 Å². The molecule has 22 heavy (non-hydrogen) atoms. The van der Waals surface area contributed by atoms with Gasteiger partial charge in [-0.05, 0) is 42.7 Å². The molecule has 1 saturated carbocycles. The predicted octanol–water partition coefficient (Wildman–Crippen LogP) is 3.60. The molecule has 0 bridgehead atoms. The van der Waals surface area contributed by atoms with Crippen molar-refractivity contribution in [2.24, 2.45) is 5.73 Å². The van der Waals surface area contributed by atoms with E-state index in [1.54, 1.807) is 11.3 Å². The number of piperidine rings is 1. The molecule has 1 saturated heterocycles. The van der Waals surface area contributed by atoms with Crippen molar-refractivity contribution in [3.63, 3.8) is 0 Å². The number of hydrogen-bond donors (Lipinski definition) is 2. The molecule has 124 valence electrons. The maximum atomic E-state index is 11.6. The third-order valence-corrected chi connectivity index (χ3v) is 6.84. The Morgan fingerprint density at radius 3 is 2.73 bits per heavy atom. The first-order valence-electron chi connectivity index (χ1n) is 8.46. The highest BCUT2D eigenvalue weighted by atomic mass is 35.5. The number of thiophene rings is 1. The average Bonchev–Trinajstić information content (AvgIpc) is 2.94. The SMILES string of the molecule is CC(c1csc(Cl)c1)C1(O)CCCCC1N1CCC(N)CC1. The van der Waals surface area contributed by atoms with Gasteiger partial charge in [-0.15, -0.1) is 11.3 Å². The molecular weight excluding hydrogens is 316 g/mol. The fourth-order valence-electron chi connectivity index (χ4n) is 4.24. The smallest absolute Gasteiger partial charge is 0.0931 e. The molecule has 3 unspecified atom stereocenters. The minimum atomic E-state index is -0.649. The van der Waals surface area contributed by atoms with Gasteiger partial charge >= 0.3 is 0 Å². The monoisotopic (exact) mass is 342 g/mol. The summed E-state index contributed by atoms with van der Waals surface area (Å²) in [5.74, 6) is 0.122. The van der Waals surface area contributed by atoms with Gasteiger partial charge in [0.1, 0.15) is 0 Å². The van der Waals surface area contributed by atoms with Gasteiger partial charge in [-0.3, -0.25) is 4.90 Å². The number of rotatable bonds is 3. The van der Waals surface area contributed by atoms with Gasteiger partial charge in [-0.1, -0.05) is 31.4 Å². The van der Waals surface area contributed by atoms with E-state index in [-0.39, 0.29) is 12.0 Å². The average molecular weight is 343 g/mol. The Hall–Kier alpha value is -0.130. The molecule has 0 amide bonds. The number of hydrogen-bond acceptors (Lipinski definition) is 4. The molecule has 1 aromatic heterocycles. The van der Waals surface area contributed by atoms with Gasteiger partial charge in [0.25, 0.3) is 0 Å². The van der Waals surface area contributed by atoms with Crippen molar-refractivity contribution in [3.8, 4) is 0 Å². The highest BCUT2D eigenvalue weighted by molar-refractivity contribution is 7.14. The Kier molecular flexibility index (Phi) is 5.15. The van der Waals surface area contributed by atoms with Crippen LogP contribution >= 0.6 is 22.9 Å². The van der Waals surface area contributed by atoms with Crippen LogP contribution in [0.5, 0.6) is 0 Å². The van der Waals surface area contributed by atoms with E-state index in [4.69, 9.17) is 17.3 Å². The van der Waals surface area contributed by atoms with Crippen LogP contribution in [0.3, 0.4) is 0 Å². The van der Waals surface area contributed by atoms with Crippen LogP contribution in [0, 0.1) is 0 Å². The maximum absolute atomic E-state index is 11.6. The number of nitrogens with two attached hydrogens (primary N) is 1. The van der Waals surface area contributed by atoms with E-state index in [1.807, 2.05) is 6.07 Å². The summed E-state index contributed by atoms with van der Waals surface area (Å²) in [6.45, 7) is 4.20. The minimum absolute atomic E-state index is 0.122.